The fourth-order valence-corrected chi connectivity index (χ4v) is 2.00. The van der Waals surface area contributed by atoms with Gasteiger partial charge in [0.1, 0.15) is 6.04 Å². The quantitative estimate of drug-likeness (QED) is 0.504. The number of aliphatic carboxylic acids is 1. The monoisotopic (exact) mass is 263 g/mol. The van der Waals surface area contributed by atoms with Gasteiger partial charge in [0.05, 0.1) is 11.1 Å². The van der Waals surface area contributed by atoms with Crippen LogP contribution in [0, 0.1) is 10.1 Å². The van der Waals surface area contributed by atoms with Crippen molar-refractivity contribution in [1.29, 1.82) is 0 Å². The predicted octanol–water partition coefficient (Wildman–Crippen LogP) is 1.48. The summed E-state index contributed by atoms with van der Waals surface area (Å²) < 4.78 is 0. The second-order valence-corrected chi connectivity index (χ2v) is 4.26. The molecule has 0 aliphatic carbocycles. The molecule has 100 valence electrons. The fourth-order valence-electron chi connectivity index (χ4n) is 2.00. The van der Waals surface area contributed by atoms with Gasteiger partial charge in [-0.2, -0.15) is 5.10 Å². The van der Waals surface area contributed by atoms with Crippen molar-refractivity contribution in [2.45, 2.75) is 18.9 Å². The molecule has 1 aliphatic rings. The van der Waals surface area contributed by atoms with E-state index in [1.54, 1.807) is 12.1 Å². The Morgan fingerprint density at radius 2 is 2.37 bits per heavy atom. The fraction of sp³-hybridized carbons (Fsp3) is 0.333. The summed E-state index contributed by atoms with van der Waals surface area (Å²) in [5, 5.41) is 25.2. The molecular weight excluding hydrogens is 250 g/mol. The van der Waals surface area contributed by atoms with Gasteiger partial charge in [0, 0.05) is 24.2 Å². The molecule has 1 aliphatic heterocycles. The Kier molecular flexibility index (Phi) is 3.74. The highest BCUT2D eigenvalue weighted by Crippen LogP contribution is 2.18. The SMILES string of the molecule is O=C(O)[C@H]1CCCN1/N=C/c1cccc([N+](=O)[O-])c1. The van der Waals surface area contributed by atoms with Crippen LogP contribution in [-0.2, 0) is 4.79 Å². The molecule has 1 heterocycles. The molecule has 1 saturated heterocycles. The average molecular weight is 263 g/mol. The molecule has 1 atom stereocenters. The number of non-ortho nitro benzene ring substituents is 1. The van der Waals surface area contributed by atoms with E-state index in [1.807, 2.05) is 0 Å². The minimum atomic E-state index is -0.895. The Hall–Kier alpha value is -2.44. The highest BCUT2D eigenvalue weighted by molar-refractivity contribution is 5.81. The molecule has 0 radical (unpaired) electrons. The highest BCUT2D eigenvalue weighted by Gasteiger charge is 2.29. The van der Waals surface area contributed by atoms with Gasteiger partial charge >= 0.3 is 5.97 Å². The van der Waals surface area contributed by atoms with E-state index in [-0.39, 0.29) is 5.69 Å². The number of nitro benzene ring substituents is 1. The van der Waals surface area contributed by atoms with Crippen molar-refractivity contribution in [2.75, 3.05) is 6.54 Å². The Balaban J connectivity index is 2.12. The maximum Gasteiger partial charge on any atom is 0.328 e. The molecule has 7 heteroatoms. The van der Waals surface area contributed by atoms with Crippen molar-refractivity contribution < 1.29 is 14.8 Å². The summed E-state index contributed by atoms with van der Waals surface area (Å²) in [5.41, 5.74) is 0.561. The van der Waals surface area contributed by atoms with Crippen molar-refractivity contribution in [3.63, 3.8) is 0 Å². The van der Waals surface area contributed by atoms with E-state index < -0.39 is 16.9 Å². The van der Waals surface area contributed by atoms with E-state index in [2.05, 4.69) is 5.10 Å². The first kappa shape index (κ1) is 13.0. The van der Waals surface area contributed by atoms with Crippen molar-refractivity contribution in [2.24, 2.45) is 5.10 Å². The summed E-state index contributed by atoms with van der Waals surface area (Å²) in [5.74, 6) is -0.895. The van der Waals surface area contributed by atoms with Gasteiger partial charge in [-0.3, -0.25) is 15.1 Å². The molecule has 0 bridgehead atoms. The standard InChI is InChI=1S/C12H13N3O4/c16-12(17)11-5-2-6-14(11)13-8-9-3-1-4-10(7-9)15(18)19/h1,3-4,7-8,11H,2,5-6H2,(H,16,17)/b13-8+/t11-/m1/s1. The minimum Gasteiger partial charge on any atom is -0.480 e. The van der Waals surface area contributed by atoms with Gasteiger partial charge in [0.25, 0.3) is 5.69 Å². The number of carboxylic acids is 1. The van der Waals surface area contributed by atoms with Crippen LogP contribution in [0.5, 0.6) is 0 Å². The van der Waals surface area contributed by atoms with Gasteiger partial charge in [0.2, 0.25) is 0 Å². The summed E-state index contributed by atoms with van der Waals surface area (Å²) >= 11 is 0. The lowest BCUT2D eigenvalue weighted by atomic mass is 10.2. The molecule has 0 spiro atoms. The van der Waals surface area contributed by atoms with Crippen LogP contribution >= 0.6 is 0 Å². The predicted molar refractivity (Wildman–Crippen MR) is 68.1 cm³/mol. The second kappa shape index (κ2) is 5.47. The summed E-state index contributed by atoms with van der Waals surface area (Å²) in [6.07, 6.45) is 2.80. The molecule has 1 N–H and O–H groups in total. The number of rotatable bonds is 4. The molecule has 0 saturated carbocycles. The zero-order valence-corrected chi connectivity index (χ0v) is 10.1. The van der Waals surface area contributed by atoms with Gasteiger partial charge < -0.3 is 5.11 Å². The van der Waals surface area contributed by atoms with Crippen LogP contribution in [-0.4, -0.2) is 39.8 Å². The van der Waals surface area contributed by atoms with Crippen LogP contribution in [0.3, 0.4) is 0 Å². The van der Waals surface area contributed by atoms with Crippen LogP contribution < -0.4 is 0 Å². The maximum absolute atomic E-state index is 11.0. The zero-order valence-electron chi connectivity index (χ0n) is 10.1. The van der Waals surface area contributed by atoms with E-state index in [9.17, 15) is 14.9 Å². The number of hydrogen-bond acceptors (Lipinski definition) is 5. The van der Waals surface area contributed by atoms with Crippen LogP contribution in [0.15, 0.2) is 29.4 Å². The summed E-state index contributed by atoms with van der Waals surface area (Å²) in [7, 11) is 0. The third kappa shape index (κ3) is 3.06. The zero-order chi connectivity index (χ0) is 13.8. The topological polar surface area (TPSA) is 96.0 Å². The average Bonchev–Trinajstić information content (AvgIpc) is 2.85. The van der Waals surface area contributed by atoms with Crippen molar-refractivity contribution in [3.05, 3.63) is 39.9 Å². The molecule has 7 nitrogen and oxygen atoms in total. The molecular formula is C12H13N3O4. The van der Waals surface area contributed by atoms with Gasteiger partial charge in [-0.05, 0) is 12.8 Å². The van der Waals surface area contributed by atoms with E-state index in [1.165, 1.54) is 23.4 Å². The van der Waals surface area contributed by atoms with E-state index in [0.29, 0.717) is 18.5 Å². The largest absolute Gasteiger partial charge is 0.480 e. The molecule has 0 amide bonds. The van der Waals surface area contributed by atoms with Crippen LogP contribution in [0.25, 0.3) is 0 Å². The molecule has 0 unspecified atom stereocenters. The third-order valence-electron chi connectivity index (χ3n) is 2.95. The molecule has 19 heavy (non-hydrogen) atoms. The number of carboxylic acid groups (broad SMARTS) is 1. The highest BCUT2D eigenvalue weighted by atomic mass is 16.6. The number of hydrogen-bond donors (Lipinski definition) is 1. The number of nitrogens with zero attached hydrogens (tertiary/aromatic N) is 3. The van der Waals surface area contributed by atoms with Crippen LogP contribution in [0.2, 0.25) is 0 Å². The first-order valence-corrected chi connectivity index (χ1v) is 5.86. The van der Waals surface area contributed by atoms with E-state index >= 15 is 0 Å². The number of benzene rings is 1. The van der Waals surface area contributed by atoms with Gasteiger partial charge in [-0.1, -0.05) is 12.1 Å². The lowest BCUT2D eigenvalue weighted by Crippen LogP contribution is -2.31. The molecule has 1 aromatic rings. The molecule has 1 aromatic carbocycles. The lowest BCUT2D eigenvalue weighted by molar-refractivity contribution is -0.384. The third-order valence-corrected chi connectivity index (χ3v) is 2.95. The Morgan fingerprint density at radius 1 is 1.58 bits per heavy atom. The number of carbonyl (C=O) groups is 1. The van der Waals surface area contributed by atoms with Gasteiger partial charge in [-0.25, -0.2) is 4.79 Å². The van der Waals surface area contributed by atoms with Crippen molar-refractivity contribution in [3.8, 4) is 0 Å². The lowest BCUT2D eigenvalue weighted by Gasteiger charge is -2.16. The van der Waals surface area contributed by atoms with E-state index in [0.717, 1.165) is 6.42 Å². The van der Waals surface area contributed by atoms with Gasteiger partial charge in [-0.15, -0.1) is 0 Å². The Morgan fingerprint density at radius 3 is 3.05 bits per heavy atom. The molecule has 0 aromatic heterocycles. The summed E-state index contributed by atoms with van der Waals surface area (Å²) in [6, 6.07) is 5.44. The van der Waals surface area contributed by atoms with Crippen LogP contribution in [0.4, 0.5) is 5.69 Å². The summed E-state index contributed by atoms with van der Waals surface area (Å²) in [6.45, 7) is 0.586. The molecule has 2 rings (SSSR count). The number of nitro groups is 1. The van der Waals surface area contributed by atoms with E-state index in [4.69, 9.17) is 5.11 Å². The van der Waals surface area contributed by atoms with Crippen molar-refractivity contribution in [1.82, 2.24) is 5.01 Å². The normalized spacial score (nSPS) is 18.9. The first-order chi connectivity index (χ1) is 9.08. The minimum absolute atomic E-state index is 0.0137. The number of hydrazone groups is 1. The second-order valence-electron chi connectivity index (χ2n) is 4.26. The van der Waals surface area contributed by atoms with Gasteiger partial charge in [0.15, 0.2) is 0 Å². The first-order valence-electron chi connectivity index (χ1n) is 5.86. The Labute approximate surface area is 109 Å². The van der Waals surface area contributed by atoms with Crippen LogP contribution in [0.1, 0.15) is 18.4 Å². The maximum atomic E-state index is 11.0. The molecule has 1 fully saturated rings. The van der Waals surface area contributed by atoms with Crippen molar-refractivity contribution >= 4 is 17.9 Å². The summed E-state index contributed by atoms with van der Waals surface area (Å²) in [4.78, 5) is 21.1. The smallest absolute Gasteiger partial charge is 0.328 e. The Bertz CT molecular complexity index is 529.